The highest BCUT2D eigenvalue weighted by Crippen LogP contribution is 2.28. The third kappa shape index (κ3) is 7.10. The van der Waals surface area contributed by atoms with Crippen LogP contribution < -0.4 is 0 Å². The molecule has 2 saturated heterocycles. The zero-order chi connectivity index (χ0) is 22.9. The molecule has 0 bridgehead atoms. The normalized spacial score (nSPS) is 22.2. The maximum Gasteiger partial charge on any atom is 0.222 e. The van der Waals surface area contributed by atoms with E-state index in [1.807, 2.05) is 30.4 Å². The van der Waals surface area contributed by atoms with Gasteiger partial charge in [0.15, 0.2) is 0 Å². The Bertz CT molecular complexity index is 842. The Kier molecular flexibility index (Phi) is 8.86. The van der Waals surface area contributed by atoms with E-state index in [0.29, 0.717) is 18.4 Å². The number of piperidine rings is 1. The van der Waals surface area contributed by atoms with Crippen molar-refractivity contribution in [1.82, 2.24) is 19.7 Å². The number of carbonyl (C=O) groups excluding carboxylic acids is 1. The van der Waals surface area contributed by atoms with Gasteiger partial charge < -0.3 is 9.64 Å². The molecule has 1 aromatic carbocycles. The summed E-state index contributed by atoms with van der Waals surface area (Å²) < 4.78 is 5.60. The lowest BCUT2D eigenvalue weighted by atomic mass is 9.86. The number of hydrogen-bond acceptors (Lipinski definition) is 5. The van der Waals surface area contributed by atoms with Crippen LogP contribution in [-0.4, -0.2) is 84.6 Å². The summed E-state index contributed by atoms with van der Waals surface area (Å²) in [5, 5.41) is 0. The maximum absolute atomic E-state index is 12.9. The molecule has 178 valence electrons. The first-order valence-corrected chi connectivity index (χ1v) is 12.4. The fourth-order valence-corrected chi connectivity index (χ4v) is 5.22. The minimum Gasteiger partial charge on any atom is -0.379 e. The molecule has 0 radical (unpaired) electrons. The van der Waals surface area contributed by atoms with Gasteiger partial charge in [0.05, 0.1) is 13.2 Å². The predicted octanol–water partition coefficient (Wildman–Crippen LogP) is 3.09. The van der Waals surface area contributed by atoms with Gasteiger partial charge in [-0.2, -0.15) is 0 Å². The van der Waals surface area contributed by atoms with Crippen molar-refractivity contribution in [3.8, 4) is 0 Å². The van der Waals surface area contributed by atoms with Crippen LogP contribution in [0.1, 0.15) is 30.4 Å². The van der Waals surface area contributed by atoms with Crippen molar-refractivity contribution in [1.29, 1.82) is 0 Å². The van der Waals surface area contributed by atoms with Crippen molar-refractivity contribution in [2.24, 2.45) is 5.92 Å². The number of benzene rings is 1. The molecule has 0 unspecified atom stereocenters. The van der Waals surface area contributed by atoms with Gasteiger partial charge in [-0.1, -0.05) is 30.3 Å². The molecule has 0 aliphatic carbocycles. The monoisotopic (exact) mass is 450 g/mol. The van der Waals surface area contributed by atoms with Crippen LogP contribution in [0.3, 0.4) is 0 Å². The van der Waals surface area contributed by atoms with Gasteiger partial charge in [0.2, 0.25) is 5.91 Å². The van der Waals surface area contributed by atoms with E-state index in [9.17, 15) is 4.79 Å². The summed E-state index contributed by atoms with van der Waals surface area (Å²) in [7, 11) is 1.95. The number of nitrogens with zero attached hydrogens (tertiary/aromatic N) is 4. The SMILES string of the molecule is CN(CCc1ccccc1)C(=O)CC[C@H]1CN(Cc2ccncc2)CC[C@H]1N1CCOCC1. The van der Waals surface area contributed by atoms with E-state index in [1.54, 1.807) is 0 Å². The zero-order valence-corrected chi connectivity index (χ0v) is 19.9. The second kappa shape index (κ2) is 12.3. The molecule has 2 atom stereocenters. The molecule has 6 nitrogen and oxygen atoms in total. The molecule has 1 aromatic heterocycles. The number of pyridine rings is 1. The van der Waals surface area contributed by atoms with E-state index in [-0.39, 0.29) is 5.91 Å². The molecule has 2 aliphatic heterocycles. The van der Waals surface area contributed by atoms with E-state index in [1.165, 1.54) is 11.1 Å². The first kappa shape index (κ1) is 23.9. The lowest BCUT2D eigenvalue weighted by Gasteiger charge is -2.45. The highest BCUT2D eigenvalue weighted by atomic mass is 16.5. The summed E-state index contributed by atoms with van der Waals surface area (Å²) in [4.78, 5) is 24.2. The van der Waals surface area contributed by atoms with Crippen LogP contribution in [0.15, 0.2) is 54.9 Å². The third-order valence-electron chi connectivity index (χ3n) is 7.18. The molecular weight excluding hydrogens is 412 g/mol. The first-order valence-electron chi connectivity index (χ1n) is 12.4. The van der Waals surface area contributed by atoms with Crippen LogP contribution in [0.5, 0.6) is 0 Å². The number of carbonyl (C=O) groups is 1. The number of likely N-dealkylation sites (N-methyl/N-ethyl adjacent to an activating group) is 1. The first-order chi connectivity index (χ1) is 16.2. The standard InChI is InChI=1S/C27H38N4O2/c1-29(15-11-23-5-3-2-4-6-23)27(32)8-7-25-22-30(21-24-9-13-28-14-10-24)16-12-26(25)31-17-19-33-20-18-31/h2-6,9-10,13-14,25-26H,7-8,11-12,15-22H2,1H3/t25-,26+/m0/s1. The molecule has 3 heterocycles. The number of hydrogen-bond donors (Lipinski definition) is 0. The number of rotatable bonds is 9. The highest BCUT2D eigenvalue weighted by Gasteiger charge is 2.34. The molecular formula is C27H38N4O2. The van der Waals surface area contributed by atoms with E-state index >= 15 is 0 Å². The Balaban J connectivity index is 1.32. The minimum atomic E-state index is 0.262. The summed E-state index contributed by atoms with van der Waals surface area (Å²) in [6.07, 6.45) is 7.38. The average molecular weight is 451 g/mol. The largest absolute Gasteiger partial charge is 0.379 e. The second-order valence-corrected chi connectivity index (χ2v) is 9.44. The Morgan fingerprint density at radius 2 is 1.82 bits per heavy atom. The quantitative estimate of drug-likeness (QED) is 0.588. The highest BCUT2D eigenvalue weighted by molar-refractivity contribution is 5.75. The molecule has 2 fully saturated rings. The lowest BCUT2D eigenvalue weighted by Crippen LogP contribution is -2.54. The Labute approximate surface area is 198 Å². The smallest absolute Gasteiger partial charge is 0.222 e. The maximum atomic E-state index is 12.9. The Hall–Kier alpha value is -2.28. The third-order valence-corrected chi connectivity index (χ3v) is 7.18. The predicted molar refractivity (Wildman–Crippen MR) is 131 cm³/mol. The fourth-order valence-electron chi connectivity index (χ4n) is 5.22. The molecule has 0 N–H and O–H groups in total. The van der Waals surface area contributed by atoms with Gasteiger partial charge in [-0.25, -0.2) is 0 Å². The van der Waals surface area contributed by atoms with E-state index in [0.717, 1.165) is 71.7 Å². The molecule has 6 heteroatoms. The molecule has 0 saturated carbocycles. The summed E-state index contributed by atoms with van der Waals surface area (Å²) in [5.41, 5.74) is 2.59. The number of amides is 1. The van der Waals surface area contributed by atoms with Gasteiger partial charge in [-0.3, -0.25) is 19.6 Å². The summed E-state index contributed by atoms with van der Waals surface area (Å²) in [6.45, 7) is 7.55. The Morgan fingerprint density at radius 1 is 1.06 bits per heavy atom. The molecule has 33 heavy (non-hydrogen) atoms. The minimum absolute atomic E-state index is 0.262. The summed E-state index contributed by atoms with van der Waals surface area (Å²) >= 11 is 0. The van der Waals surface area contributed by atoms with E-state index in [4.69, 9.17) is 4.74 Å². The lowest BCUT2D eigenvalue weighted by molar-refractivity contribution is -0.130. The van der Waals surface area contributed by atoms with Gasteiger partial charge in [0, 0.05) is 64.6 Å². The number of ether oxygens (including phenoxy) is 1. The van der Waals surface area contributed by atoms with Crippen molar-refractivity contribution in [3.63, 3.8) is 0 Å². The molecule has 2 aliphatic rings. The van der Waals surface area contributed by atoms with E-state index in [2.05, 4.69) is 51.2 Å². The van der Waals surface area contributed by atoms with Crippen LogP contribution in [0, 0.1) is 5.92 Å². The van der Waals surface area contributed by atoms with Crippen LogP contribution >= 0.6 is 0 Å². The van der Waals surface area contributed by atoms with Crippen LogP contribution in [0.4, 0.5) is 0 Å². The average Bonchev–Trinajstić information content (AvgIpc) is 2.87. The topological polar surface area (TPSA) is 48.9 Å². The fraction of sp³-hybridized carbons (Fsp3) is 0.556. The number of aromatic nitrogens is 1. The van der Waals surface area contributed by atoms with Gasteiger partial charge >= 0.3 is 0 Å². The number of likely N-dealkylation sites (tertiary alicyclic amines) is 1. The molecule has 2 aromatic rings. The van der Waals surface area contributed by atoms with E-state index < -0.39 is 0 Å². The van der Waals surface area contributed by atoms with Gasteiger partial charge in [-0.05, 0) is 55.0 Å². The molecule has 1 amide bonds. The van der Waals surface area contributed by atoms with Crippen LogP contribution in [-0.2, 0) is 22.5 Å². The molecule has 0 spiro atoms. The van der Waals surface area contributed by atoms with Gasteiger partial charge in [0.1, 0.15) is 0 Å². The van der Waals surface area contributed by atoms with Gasteiger partial charge in [-0.15, -0.1) is 0 Å². The summed E-state index contributed by atoms with van der Waals surface area (Å²) in [6, 6.07) is 15.2. The van der Waals surface area contributed by atoms with Crippen molar-refractivity contribution in [2.75, 3.05) is 53.0 Å². The van der Waals surface area contributed by atoms with Crippen molar-refractivity contribution in [2.45, 2.75) is 38.3 Å². The van der Waals surface area contributed by atoms with Gasteiger partial charge in [0.25, 0.3) is 0 Å². The second-order valence-electron chi connectivity index (χ2n) is 9.44. The van der Waals surface area contributed by atoms with Crippen molar-refractivity contribution < 1.29 is 9.53 Å². The summed E-state index contributed by atoms with van der Waals surface area (Å²) in [5.74, 6) is 0.767. The van der Waals surface area contributed by atoms with Crippen LogP contribution in [0.2, 0.25) is 0 Å². The number of morpholine rings is 1. The Morgan fingerprint density at radius 3 is 2.58 bits per heavy atom. The van der Waals surface area contributed by atoms with Crippen molar-refractivity contribution in [3.05, 3.63) is 66.0 Å². The van der Waals surface area contributed by atoms with Crippen molar-refractivity contribution >= 4 is 5.91 Å². The molecule has 4 rings (SSSR count). The van der Waals surface area contributed by atoms with Crippen LogP contribution in [0.25, 0.3) is 0 Å². The zero-order valence-electron chi connectivity index (χ0n) is 19.9.